The zero-order valence-electron chi connectivity index (χ0n) is 24.6. The second kappa shape index (κ2) is 13.7. The summed E-state index contributed by atoms with van der Waals surface area (Å²) in [6.45, 7) is 2.46. The summed E-state index contributed by atoms with van der Waals surface area (Å²) in [4.78, 5) is 0. The van der Waals surface area contributed by atoms with Crippen LogP contribution in [0.2, 0.25) is 0 Å². The molecule has 214 valence electrons. The van der Waals surface area contributed by atoms with Gasteiger partial charge in [-0.15, -0.1) is 0 Å². The van der Waals surface area contributed by atoms with Crippen LogP contribution in [0, 0.1) is 5.92 Å². The van der Waals surface area contributed by atoms with Gasteiger partial charge in [0.25, 0.3) is 0 Å². The molecule has 4 nitrogen and oxygen atoms in total. The largest absolute Gasteiger partial charge is 0.496 e. The quantitative estimate of drug-likeness (QED) is 0.180. The molecule has 6 heteroatoms. The van der Waals surface area contributed by atoms with Crippen LogP contribution in [-0.4, -0.2) is 39.8 Å². The van der Waals surface area contributed by atoms with Crippen molar-refractivity contribution < 1.29 is 18.9 Å². The van der Waals surface area contributed by atoms with Crippen LogP contribution in [-0.2, 0) is 0 Å². The van der Waals surface area contributed by atoms with E-state index in [4.69, 9.17) is 18.9 Å². The van der Waals surface area contributed by atoms with E-state index in [-0.39, 0.29) is 0 Å². The van der Waals surface area contributed by atoms with E-state index in [2.05, 4.69) is 104 Å². The zero-order valence-corrected chi connectivity index (χ0v) is 26.4. The van der Waals surface area contributed by atoms with E-state index in [0.717, 1.165) is 23.0 Å². The Kier molecular flexibility index (Phi) is 9.86. The Morgan fingerprint density at radius 3 is 1.32 bits per heavy atom. The minimum Gasteiger partial charge on any atom is -0.496 e. The number of rotatable bonds is 11. The van der Waals surface area contributed by atoms with Crippen LogP contribution < -0.4 is 40.2 Å². The predicted molar refractivity (Wildman–Crippen MR) is 175 cm³/mol. The number of hydrogen-bond donors (Lipinski definition) is 0. The maximum Gasteiger partial charge on any atom is 0.126 e. The SMILES string of the molecule is COc1ccccc1P(c1ccccc1OC)C1CCCC1[C@@H](C)P(c1ccccc1OC)c1ccccc1OC. The Bertz CT molecular complexity index is 1350. The molecule has 2 unspecified atom stereocenters. The Labute approximate surface area is 247 Å². The summed E-state index contributed by atoms with van der Waals surface area (Å²) in [6.07, 6.45) is 3.58. The van der Waals surface area contributed by atoms with Gasteiger partial charge < -0.3 is 18.9 Å². The lowest BCUT2D eigenvalue weighted by atomic mass is 10.0. The highest BCUT2D eigenvalue weighted by Crippen LogP contribution is 2.59. The molecular weight excluding hydrogens is 546 g/mol. The van der Waals surface area contributed by atoms with Crippen molar-refractivity contribution in [3.8, 4) is 23.0 Å². The standard InChI is InChI=1S/C35H40O4P2/c1-25(40(32-20-10-6-16-27(32)36-2)33-21-11-7-17-28(33)37-3)26-15-14-24-31(26)41(34-22-12-8-18-29(34)38-4)35-23-13-9-19-30(35)39-5/h6-13,16-23,25-26,31H,14-15,24H2,1-5H3/t25-,26?,31?/m1/s1. The van der Waals surface area contributed by atoms with Gasteiger partial charge in [-0.2, -0.15) is 0 Å². The molecule has 0 aromatic heterocycles. The Hall–Kier alpha value is -3.06. The van der Waals surface area contributed by atoms with Crippen molar-refractivity contribution in [1.29, 1.82) is 0 Å². The molecule has 0 radical (unpaired) electrons. The second-order valence-corrected chi connectivity index (χ2v) is 15.2. The molecule has 1 aliphatic carbocycles. The summed E-state index contributed by atoms with van der Waals surface area (Å²) in [5.74, 6) is 4.31. The van der Waals surface area contributed by atoms with E-state index in [1.807, 2.05) is 0 Å². The lowest BCUT2D eigenvalue weighted by Crippen LogP contribution is -2.34. The molecule has 1 aliphatic rings. The highest BCUT2D eigenvalue weighted by atomic mass is 31.1. The fourth-order valence-corrected chi connectivity index (χ4v) is 13.2. The Morgan fingerprint density at radius 2 is 0.902 bits per heavy atom. The molecule has 0 spiro atoms. The molecule has 1 fully saturated rings. The summed E-state index contributed by atoms with van der Waals surface area (Å²) in [5.41, 5.74) is 0.863. The number of ether oxygens (including phenoxy) is 4. The summed E-state index contributed by atoms with van der Waals surface area (Å²) in [7, 11) is 5.57. The molecule has 1 saturated carbocycles. The minimum atomic E-state index is -0.790. The van der Waals surface area contributed by atoms with Gasteiger partial charge in [0, 0.05) is 21.2 Å². The van der Waals surface area contributed by atoms with Gasteiger partial charge >= 0.3 is 0 Å². The predicted octanol–water partition coefficient (Wildman–Crippen LogP) is 6.84. The molecule has 0 aliphatic heterocycles. The third-order valence-electron chi connectivity index (χ3n) is 8.27. The zero-order chi connectivity index (χ0) is 28.8. The summed E-state index contributed by atoms with van der Waals surface area (Å²) < 4.78 is 23.8. The first kappa shape index (κ1) is 29.4. The molecule has 3 atom stereocenters. The van der Waals surface area contributed by atoms with Gasteiger partial charge in [0.05, 0.1) is 28.4 Å². The second-order valence-electron chi connectivity index (χ2n) is 10.3. The fourth-order valence-electron chi connectivity index (χ4n) is 6.41. The molecule has 4 aromatic rings. The van der Waals surface area contributed by atoms with Gasteiger partial charge in [-0.3, -0.25) is 0 Å². The lowest BCUT2D eigenvalue weighted by molar-refractivity contribution is 0.417. The maximum absolute atomic E-state index is 5.97. The smallest absolute Gasteiger partial charge is 0.126 e. The molecule has 0 saturated heterocycles. The van der Waals surface area contributed by atoms with Crippen LogP contribution in [0.25, 0.3) is 0 Å². The summed E-state index contributed by atoms with van der Waals surface area (Å²) >= 11 is 0. The van der Waals surface area contributed by atoms with Gasteiger partial charge in [0.1, 0.15) is 23.0 Å². The van der Waals surface area contributed by atoms with Crippen LogP contribution >= 0.6 is 15.8 Å². The minimum absolute atomic E-state index is 0.388. The van der Waals surface area contributed by atoms with Crippen molar-refractivity contribution in [2.75, 3.05) is 28.4 Å². The average molecular weight is 587 g/mol. The van der Waals surface area contributed by atoms with E-state index < -0.39 is 15.8 Å². The lowest BCUT2D eigenvalue weighted by Gasteiger charge is -2.38. The van der Waals surface area contributed by atoms with Gasteiger partial charge in [-0.25, -0.2) is 0 Å². The molecule has 41 heavy (non-hydrogen) atoms. The molecule has 0 heterocycles. The van der Waals surface area contributed by atoms with Gasteiger partial charge in [-0.05, 0) is 70.2 Å². The first-order valence-electron chi connectivity index (χ1n) is 14.2. The number of para-hydroxylation sites is 4. The monoisotopic (exact) mass is 586 g/mol. The first-order valence-corrected chi connectivity index (χ1v) is 17.1. The van der Waals surface area contributed by atoms with Crippen LogP contribution in [0.4, 0.5) is 0 Å². The molecule has 5 rings (SSSR count). The van der Waals surface area contributed by atoms with Crippen molar-refractivity contribution in [3.05, 3.63) is 97.1 Å². The highest BCUT2D eigenvalue weighted by molar-refractivity contribution is 7.75. The molecule has 0 N–H and O–H groups in total. The van der Waals surface area contributed by atoms with Gasteiger partial charge in [0.2, 0.25) is 0 Å². The van der Waals surface area contributed by atoms with E-state index >= 15 is 0 Å². The van der Waals surface area contributed by atoms with E-state index in [9.17, 15) is 0 Å². The molecule has 0 bridgehead atoms. The Balaban J connectivity index is 1.66. The van der Waals surface area contributed by atoms with Crippen LogP contribution in [0.5, 0.6) is 23.0 Å². The maximum atomic E-state index is 5.97. The van der Waals surface area contributed by atoms with Crippen molar-refractivity contribution in [3.63, 3.8) is 0 Å². The van der Waals surface area contributed by atoms with E-state index in [0.29, 0.717) is 17.2 Å². The van der Waals surface area contributed by atoms with E-state index in [1.165, 1.54) is 40.5 Å². The summed E-state index contributed by atoms with van der Waals surface area (Å²) in [5, 5.41) is 5.12. The molecule has 0 amide bonds. The average Bonchev–Trinajstić information content (AvgIpc) is 3.52. The first-order chi connectivity index (χ1) is 20.1. The van der Waals surface area contributed by atoms with Crippen molar-refractivity contribution in [2.24, 2.45) is 5.92 Å². The third kappa shape index (κ3) is 5.97. The number of methoxy groups -OCH3 is 4. The van der Waals surface area contributed by atoms with E-state index in [1.54, 1.807) is 28.4 Å². The number of hydrogen-bond acceptors (Lipinski definition) is 4. The van der Waals surface area contributed by atoms with Gasteiger partial charge in [-0.1, -0.05) is 86.1 Å². The van der Waals surface area contributed by atoms with Crippen molar-refractivity contribution >= 4 is 37.1 Å². The summed E-state index contributed by atoms with van der Waals surface area (Å²) in [6, 6.07) is 34.2. The van der Waals surface area contributed by atoms with Crippen molar-refractivity contribution in [1.82, 2.24) is 0 Å². The third-order valence-corrected chi connectivity index (χ3v) is 14.3. The highest BCUT2D eigenvalue weighted by Gasteiger charge is 2.43. The normalized spacial score (nSPS) is 17.4. The number of benzene rings is 4. The van der Waals surface area contributed by atoms with Crippen LogP contribution in [0.15, 0.2) is 97.1 Å². The Morgan fingerprint density at radius 1 is 0.537 bits per heavy atom. The van der Waals surface area contributed by atoms with Crippen molar-refractivity contribution in [2.45, 2.75) is 37.5 Å². The molecule has 4 aromatic carbocycles. The van der Waals surface area contributed by atoms with Crippen LogP contribution in [0.3, 0.4) is 0 Å². The fraction of sp³-hybridized carbons (Fsp3) is 0.314. The molecular formula is C35H40O4P2. The van der Waals surface area contributed by atoms with Gasteiger partial charge in [0.15, 0.2) is 0 Å². The van der Waals surface area contributed by atoms with Crippen LogP contribution in [0.1, 0.15) is 26.2 Å². The topological polar surface area (TPSA) is 36.9 Å².